The lowest BCUT2D eigenvalue weighted by atomic mass is 10.1. The second-order valence-corrected chi connectivity index (χ2v) is 5.74. The molecular weight excluding hydrogens is 394 g/mol. The number of nitrogens with zero attached hydrogens (tertiary/aromatic N) is 1. The molecule has 1 saturated heterocycles. The van der Waals surface area contributed by atoms with E-state index in [-0.39, 0.29) is 18.8 Å². The lowest BCUT2D eigenvalue weighted by molar-refractivity contribution is -0.139. The normalized spacial score (nSPS) is 18.4. The van der Waals surface area contributed by atoms with E-state index in [0.717, 1.165) is 0 Å². The van der Waals surface area contributed by atoms with Crippen molar-refractivity contribution in [3.63, 3.8) is 0 Å². The van der Waals surface area contributed by atoms with Crippen molar-refractivity contribution in [2.75, 3.05) is 25.1 Å². The second kappa shape index (κ2) is 7.03. The third kappa shape index (κ3) is 4.27. The van der Waals surface area contributed by atoms with Crippen LogP contribution in [0, 0.1) is 9.39 Å². The minimum absolute atomic E-state index is 0.173. The van der Waals surface area contributed by atoms with Crippen molar-refractivity contribution in [1.29, 1.82) is 0 Å². The first-order chi connectivity index (χ1) is 9.97. The van der Waals surface area contributed by atoms with Gasteiger partial charge in [-0.15, -0.1) is 0 Å². The molecule has 0 bridgehead atoms. The number of rotatable bonds is 3. The number of hydrogen-bond donors (Lipinski definition) is 2. The van der Waals surface area contributed by atoms with Crippen molar-refractivity contribution in [2.45, 2.75) is 12.5 Å². The van der Waals surface area contributed by atoms with Crippen LogP contribution in [0.2, 0.25) is 0 Å². The number of carbonyl (C=O) groups excluding carboxylic acids is 1. The molecular formula is C13H14FIN2O4. The van der Waals surface area contributed by atoms with Crippen LogP contribution in [-0.2, 0) is 9.53 Å². The molecule has 2 amide bonds. The molecule has 1 aromatic rings. The molecule has 6 nitrogen and oxygen atoms in total. The first kappa shape index (κ1) is 16.0. The monoisotopic (exact) mass is 408 g/mol. The molecule has 2 N–H and O–H groups in total. The van der Waals surface area contributed by atoms with E-state index in [1.54, 1.807) is 0 Å². The first-order valence-corrected chi connectivity index (χ1v) is 7.37. The van der Waals surface area contributed by atoms with Crippen LogP contribution in [0.4, 0.5) is 14.9 Å². The standard InChI is InChI=1S/C13H14FIN2O4/c14-8-1-2-11(10(15)5-8)16-13(20)17-3-4-21-7-9(17)6-12(18)19/h1-2,5,9H,3-4,6-7H2,(H,16,20)(H,18,19). The lowest BCUT2D eigenvalue weighted by Gasteiger charge is -2.34. The molecule has 1 unspecified atom stereocenters. The number of morpholine rings is 1. The molecule has 2 rings (SSSR count). The third-order valence-electron chi connectivity index (χ3n) is 3.07. The van der Waals surface area contributed by atoms with Gasteiger partial charge < -0.3 is 20.1 Å². The van der Waals surface area contributed by atoms with E-state index in [0.29, 0.717) is 22.4 Å². The number of carbonyl (C=O) groups is 2. The van der Waals surface area contributed by atoms with E-state index in [2.05, 4.69) is 5.32 Å². The molecule has 1 heterocycles. The minimum atomic E-state index is -0.986. The second-order valence-electron chi connectivity index (χ2n) is 4.57. The zero-order valence-corrected chi connectivity index (χ0v) is 13.2. The first-order valence-electron chi connectivity index (χ1n) is 6.29. The third-order valence-corrected chi connectivity index (χ3v) is 3.96. The van der Waals surface area contributed by atoms with Gasteiger partial charge in [-0.1, -0.05) is 0 Å². The Labute approximate surface area is 134 Å². The summed E-state index contributed by atoms with van der Waals surface area (Å²) in [5.74, 6) is -1.37. The van der Waals surface area contributed by atoms with Gasteiger partial charge in [-0.2, -0.15) is 0 Å². The molecule has 1 aliphatic rings. The predicted molar refractivity (Wildman–Crippen MR) is 81.7 cm³/mol. The average Bonchev–Trinajstić information content (AvgIpc) is 2.42. The predicted octanol–water partition coefficient (Wildman–Crippen LogP) is 2.14. The smallest absolute Gasteiger partial charge is 0.322 e. The molecule has 8 heteroatoms. The Morgan fingerprint density at radius 2 is 2.29 bits per heavy atom. The minimum Gasteiger partial charge on any atom is -0.481 e. The summed E-state index contributed by atoms with van der Waals surface area (Å²) in [5, 5.41) is 11.5. The highest BCUT2D eigenvalue weighted by Gasteiger charge is 2.29. The van der Waals surface area contributed by atoms with Gasteiger partial charge in [-0.05, 0) is 40.8 Å². The fourth-order valence-electron chi connectivity index (χ4n) is 2.07. The van der Waals surface area contributed by atoms with Crippen molar-refractivity contribution in [2.24, 2.45) is 0 Å². The number of aliphatic carboxylic acids is 1. The number of hydrogen-bond acceptors (Lipinski definition) is 3. The highest BCUT2D eigenvalue weighted by molar-refractivity contribution is 14.1. The SMILES string of the molecule is O=C(O)CC1COCCN1C(=O)Nc1ccc(F)cc1I. The Morgan fingerprint density at radius 1 is 1.52 bits per heavy atom. The van der Waals surface area contributed by atoms with E-state index in [9.17, 15) is 14.0 Å². The van der Waals surface area contributed by atoms with E-state index >= 15 is 0 Å². The van der Waals surface area contributed by atoms with Crippen molar-refractivity contribution in [3.05, 3.63) is 27.6 Å². The lowest BCUT2D eigenvalue weighted by Crippen LogP contribution is -2.51. The molecule has 0 radical (unpaired) electrons. The molecule has 1 aromatic carbocycles. The van der Waals surface area contributed by atoms with Crippen LogP contribution in [0.1, 0.15) is 6.42 Å². The maximum absolute atomic E-state index is 13.0. The number of halogens is 2. The quantitative estimate of drug-likeness (QED) is 0.752. The number of ether oxygens (including phenoxy) is 1. The number of carboxylic acid groups (broad SMARTS) is 1. The van der Waals surface area contributed by atoms with Gasteiger partial charge in [0.1, 0.15) is 5.82 Å². The molecule has 1 fully saturated rings. The fraction of sp³-hybridized carbons (Fsp3) is 0.385. The van der Waals surface area contributed by atoms with E-state index in [1.165, 1.54) is 23.1 Å². The molecule has 1 aliphatic heterocycles. The highest BCUT2D eigenvalue weighted by Crippen LogP contribution is 2.20. The summed E-state index contributed by atoms with van der Waals surface area (Å²) < 4.78 is 18.8. The topological polar surface area (TPSA) is 78.9 Å². The molecule has 1 atom stereocenters. The van der Waals surface area contributed by atoms with Crippen LogP contribution < -0.4 is 5.32 Å². The summed E-state index contributed by atoms with van der Waals surface area (Å²) >= 11 is 1.92. The van der Waals surface area contributed by atoms with Crippen LogP contribution in [0.15, 0.2) is 18.2 Å². The van der Waals surface area contributed by atoms with Crippen molar-refractivity contribution >= 4 is 40.3 Å². The Morgan fingerprint density at radius 3 is 2.95 bits per heavy atom. The number of amides is 2. The molecule has 0 aromatic heterocycles. The van der Waals surface area contributed by atoms with Crippen LogP contribution in [-0.4, -0.2) is 47.8 Å². The Kier molecular flexibility index (Phi) is 5.34. The summed E-state index contributed by atoms with van der Waals surface area (Å²) in [6, 6.07) is 3.13. The largest absolute Gasteiger partial charge is 0.481 e. The van der Waals surface area contributed by atoms with E-state index < -0.39 is 18.0 Å². The Balaban J connectivity index is 2.08. The number of carboxylic acids is 1. The van der Waals surface area contributed by atoms with Crippen LogP contribution >= 0.6 is 22.6 Å². The van der Waals surface area contributed by atoms with Gasteiger partial charge in [0, 0.05) is 10.1 Å². The number of urea groups is 1. The van der Waals surface area contributed by atoms with Crippen molar-refractivity contribution in [3.8, 4) is 0 Å². The molecule has 21 heavy (non-hydrogen) atoms. The maximum atomic E-state index is 13.0. The molecule has 114 valence electrons. The average molecular weight is 408 g/mol. The molecule has 0 aliphatic carbocycles. The van der Waals surface area contributed by atoms with Crippen LogP contribution in [0.3, 0.4) is 0 Å². The number of benzene rings is 1. The Hall–Kier alpha value is -1.42. The summed E-state index contributed by atoms with van der Waals surface area (Å²) in [6.07, 6.45) is -0.173. The zero-order chi connectivity index (χ0) is 15.4. The van der Waals surface area contributed by atoms with Crippen molar-refractivity contribution in [1.82, 2.24) is 4.90 Å². The summed E-state index contributed by atoms with van der Waals surface area (Å²) in [4.78, 5) is 24.5. The molecule has 0 spiro atoms. The summed E-state index contributed by atoms with van der Waals surface area (Å²) in [6.45, 7) is 0.881. The maximum Gasteiger partial charge on any atom is 0.322 e. The summed E-state index contributed by atoms with van der Waals surface area (Å²) in [5.41, 5.74) is 0.488. The molecule has 0 saturated carbocycles. The zero-order valence-electron chi connectivity index (χ0n) is 11.0. The number of anilines is 1. The van der Waals surface area contributed by atoms with Gasteiger partial charge in [-0.25, -0.2) is 9.18 Å². The van der Waals surface area contributed by atoms with Gasteiger partial charge in [0.15, 0.2) is 0 Å². The van der Waals surface area contributed by atoms with Gasteiger partial charge in [-0.3, -0.25) is 4.79 Å². The summed E-state index contributed by atoms with van der Waals surface area (Å²) in [7, 11) is 0. The fourth-order valence-corrected chi connectivity index (χ4v) is 2.68. The van der Waals surface area contributed by atoms with Gasteiger partial charge in [0.2, 0.25) is 0 Å². The van der Waals surface area contributed by atoms with Crippen LogP contribution in [0.5, 0.6) is 0 Å². The highest BCUT2D eigenvalue weighted by atomic mass is 127. The van der Waals surface area contributed by atoms with E-state index in [4.69, 9.17) is 9.84 Å². The van der Waals surface area contributed by atoms with Gasteiger partial charge >= 0.3 is 12.0 Å². The van der Waals surface area contributed by atoms with Crippen molar-refractivity contribution < 1.29 is 23.8 Å². The van der Waals surface area contributed by atoms with Gasteiger partial charge in [0.25, 0.3) is 0 Å². The van der Waals surface area contributed by atoms with E-state index in [1.807, 2.05) is 22.6 Å². The van der Waals surface area contributed by atoms with Crippen LogP contribution in [0.25, 0.3) is 0 Å². The number of nitrogens with one attached hydrogen (secondary N) is 1. The Bertz CT molecular complexity index is 555. The van der Waals surface area contributed by atoms with Gasteiger partial charge in [0.05, 0.1) is 31.4 Å².